The molecule has 2 aliphatic rings. The van der Waals surface area contributed by atoms with Crippen molar-refractivity contribution < 1.29 is 8.42 Å². The number of aromatic nitrogens is 3. The number of sulfone groups is 1. The molecular weight excluding hydrogens is 382 g/mol. The van der Waals surface area contributed by atoms with Crippen molar-refractivity contribution in [1.29, 1.82) is 0 Å². The Kier molecular flexibility index (Phi) is 5.19. The molecule has 9 heteroatoms. The van der Waals surface area contributed by atoms with Crippen molar-refractivity contribution in [3.63, 3.8) is 0 Å². The van der Waals surface area contributed by atoms with Crippen LogP contribution in [0.2, 0.25) is 0 Å². The molecule has 1 aromatic heterocycles. The van der Waals surface area contributed by atoms with Gasteiger partial charge in [-0.2, -0.15) is 5.10 Å². The highest BCUT2D eigenvalue weighted by Gasteiger charge is 2.33. The van der Waals surface area contributed by atoms with Crippen LogP contribution in [-0.2, 0) is 16.5 Å². The van der Waals surface area contributed by atoms with Gasteiger partial charge in [-0.1, -0.05) is 18.2 Å². The SMILES string of the molecule is Cc1nn(CN2CCN(C3CCS(=O)(=O)C3)CC2)c(=S)n1-c1ccccc1. The predicted molar refractivity (Wildman–Crippen MR) is 107 cm³/mol. The number of benzene rings is 1. The van der Waals surface area contributed by atoms with Gasteiger partial charge in [0.25, 0.3) is 0 Å². The first kappa shape index (κ1) is 18.8. The molecule has 0 spiro atoms. The van der Waals surface area contributed by atoms with E-state index >= 15 is 0 Å². The summed E-state index contributed by atoms with van der Waals surface area (Å²) in [7, 11) is -2.83. The number of piperazine rings is 1. The summed E-state index contributed by atoms with van der Waals surface area (Å²) in [5.74, 6) is 1.53. The molecule has 2 aliphatic heterocycles. The van der Waals surface area contributed by atoms with Crippen LogP contribution in [0.5, 0.6) is 0 Å². The Labute approximate surface area is 165 Å². The molecule has 4 rings (SSSR count). The summed E-state index contributed by atoms with van der Waals surface area (Å²) in [6.45, 7) is 6.22. The van der Waals surface area contributed by atoms with Gasteiger partial charge in [-0.25, -0.2) is 13.1 Å². The zero-order valence-electron chi connectivity index (χ0n) is 15.5. The van der Waals surface area contributed by atoms with Gasteiger partial charge < -0.3 is 0 Å². The maximum absolute atomic E-state index is 11.7. The summed E-state index contributed by atoms with van der Waals surface area (Å²) in [6, 6.07) is 10.2. The minimum atomic E-state index is -2.83. The van der Waals surface area contributed by atoms with Crippen LogP contribution in [-0.4, -0.2) is 76.3 Å². The lowest BCUT2D eigenvalue weighted by Crippen LogP contribution is -2.51. The van der Waals surface area contributed by atoms with Crippen LogP contribution < -0.4 is 0 Å². The third-order valence-electron chi connectivity index (χ3n) is 5.48. The van der Waals surface area contributed by atoms with E-state index in [4.69, 9.17) is 12.2 Å². The van der Waals surface area contributed by atoms with E-state index in [0.717, 1.165) is 44.1 Å². The molecule has 7 nitrogen and oxygen atoms in total. The second-order valence-corrected chi connectivity index (χ2v) is 9.95. The molecule has 0 amide bonds. The number of rotatable bonds is 4. The fourth-order valence-electron chi connectivity index (χ4n) is 4.01. The van der Waals surface area contributed by atoms with E-state index in [1.807, 2.05) is 46.5 Å². The quantitative estimate of drug-likeness (QED) is 0.716. The van der Waals surface area contributed by atoms with Crippen molar-refractivity contribution in [3.05, 3.63) is 40.9 Å². The lowest BCUT2D eigenvalue weighted by Gasteiger charge is -2.37. The maximum atomic E-state index is 11.7. The van der Waals surface area contributed by atoms with Gasteiger partial charge >= 0.3 is 0 Å². The molecule has 2 aromatic rings. The topological polar surface area (TPSA) is 63.4 Å². The molecule has 0 aliphatic carbocycles. The van der Waals surface area contributed by atoms with Crippen molar-refractivity contribution in [2.45, 2.75) is 26.1 Å². The monoisotopic (exact) mass is 407 g/mol. The number of aryl methyl sites for hydroxylation is 1. The van der Waals surface area contributed by atoms with Crippen molar-refractivity contribution in [2.24, 2.45) is 0 Å². The van der Waals surface area contributed by atoms with Gasteiger partial charge in [-0.15, -0.1) is 0 Å². The molecule has 0 N–H and O–H groups in total. The Morgan fingerprint density at radius 3 is 2.48 bits per heavy atom. The Morgan fingerprint density at radius 1 is 1.15 bits per heavy atom. The first-order valence-corrected chi connectivity index (χ1v) is 11.5. The largest absolute Gasteiger partial charge is 0.297 e. The fraction of sp³-hybridized carbons (Fsp3) is 0.556. The zero-order chi connectivity index (χ0) is 19.0. The van der Waals surface area contributed by atoms with Crippen LogP contribution in [0.1, 0.15) is 12.2 Å². The van der Waals surface area contributed by atoms with Gasteiger partial charge in [0.1, 0.15) is 5.82 Å². The highest BCUT2D eigenvalue weighted by molar-refractivity contribution is 7.91. The molecular formula is C18H25N5O2S2. The van der Waals surface area contributed by atoms with Gasteiger partial charge in [0.05, 0.1) is 18.2 Å². The first-order valence-electron chi connectivity index (χ1n) is 9.32. The second-order valence-electron chi connectivity index (χ2n) is 7.35. The standard InChI is InChI=1S/C18H25N5O2S2/c1-15-19-22(18(26)23(15)16-5-3-2-4-6-16)14-20-8-10-21(11-9-20)17-7-12-27(24,25)13-17/h2-6,17H,7-14H2,1H3. The van der Waals surface area contributed by atoms with Gasteiger partial charge in [0, 0.05) is 37.9 Å². The predicted octanol–water partition coefficient (Wildman–Crippen LogP) is 1.47. The summed E-state index contributed by atoms with van der Waals surface area (Å²) in [4.78, 5) is 4.66. The van der Waals surface area contributed by atoms with Crippen LogP contribution in [0.15, 0.2) is 30.3 Å². The average Bonchev–Trinajstić information content (AvgIpc) is 3.15. The van der Waals surface area contributed by atoms with E-state index in [2.05, 4.69) is 14.9 Å². The molecule has 27 heavy (non-hydrogen) atoms. The maximum Gasteiger partial charge on any atom is 0.203 e. The van der Waals surface area contributed by atoms with Crippen molar-refractivity contribution in [2.75, 3.05) is 37.7 Å². The molecule has 2 saturated heterocycles. The van der Waals surface area contributed by atoms with E-state index in [1.54, 1.807) is 0 Å². The summed E-state index contributed by atoms with van der Waals surface area (Å²) >= 11 is 5.66. The fourth-order valence-corrected chi connectivity index (χ4v) is 6.10. The van der Waals surface area contributed by atoms with Gasteiger partial charge in [0.2, 0.25) is 4.77 Å². The molecule has 3 heterocycles. The summed E-state index contributed by atoms with van der Waals surface area (Å²) in [5, 5.41) is 4.64. The number of nitrogens with zero attached hydrogens (tertiary/aromatic N) is 5. The van der Waals surface area contributed by atoms with E-state index in [9.17, 15) is 8.42 Å². The summed E-state index contributed by atoms with van der Waals surface area (Å²) in [6.07, 6.45) is 0.772. The lowest BCUT2D eigenvalue weighted by molar-refractivity contribution is 0.0807. The Morgan fingerprint density at radius 2 is 1.85 bits per heavy atom. The highest BCUT2D eigenvalue weighted by Crippen LogP contribution is 2.19. The zero-order valence-corrected chi connectivity index (χ0v) is 17.1. The molecule has 146 valence electrons. The van der Waals surface area contributed by atoms with Crippen LogP contribution in [0, 0.1) is 11.7 Å². The molecule has 1 aromatic carbocycles. The normalized spacial score (nSPS) is 23.7. The van der Waals surface area contributed by atoms with Crippen molar-refractivity contribution in [3.8, 4) is 5.69 Å². The van der Waals surface area contributed by atoms with Crippen LogP contribution in [0.25, 0.3) is 5.69 Å². The van der Waals surface area contributed by atoms with E-state index in [0.29, 0.717) is 22.9 Å². The highest BCUT2D eigenvalue weighted by atomic mass is 32.2. The van der Waals surface area contributed by atoms with Gasteiger partial charge in [-0.05, 0) is 37.7 Å². The second kappa shape index (κ2) is 7.46. The van der Waals surface area contributed by atoms with Crippen LogP contribution in [0.4, 0.5) is 0 Å². The first-order chi connectivity index (χ1) is 12.9. The van der Waals surface area contributed by atoms with Crippen LogP contribution in [0.3, 0.4) is 0 Å². The molecule has 0 saturated carbocycles. The van der Waals surface area contributed by atoms with Crippen molar-refractivity contribution in [1.82, 2.24) is 24.1 Å². The van der Waals surface area contributed by atoms with Crippen LogP contribution >= 0.6 is 12.2 Å². The number of hydrogen-bond acceptors (Lipinski definition) is 6. The minimum Gasteiger partial charge on any atom is -0.297 e. The summed E-state index contributed by atoms with van der Waals surface area (Å²) < 4.78 is 28.0. The smallest absolute Gasteiger partial charge is 0.203 e. The van der Waals surface area contributed by atoms with Gasteiger partial charge in [0.15, 0.2) is 9.84 Å². The Balaban J connectivity index is 1.41. The molecule has 0 radical (unpaired) electrons. The van der Waals surface area contributed by atoms with Gasteiger partial charge in [-0.3, -0.25) is 14.4 Å². The number of para-hydroxylation sites is 1. The molecule has 0 bridgehead atoms. The average molecular weight is 408 g/mol. The number of hydrogen-bond donors (Lipinski definition) is 0. The molecule has 1 unspecified atom stereocenters. The Bertz CT molecular complexity index is 959. The molecule has 1 atom stereocenters. The minimum absolute atomic E-state index is 0.193. The lowest BCUT2D eigenvalue weighted by atomic mass is 10.2. The van der Waals surface area contributed by atoms with Crippen molar-refractivity contribution >= 4 is 22.1 Å². The van der Waals surface area contributed by atoms with E-state index < -0.39 is 9.84 Å². The van der Waals surface area contributed by atoms with E-state index in [-0.39, 0.29) is 6.04 Å². The van der Waals surface area contributed by atoms with E-state index in [1.165, 1.54) is 0 Å². The third-order valence-corrected chi connectivity index (χ3v) is 7.62. The molecule has 2 fully saturated rings. The summed E-state index contributed by atoms with van der Waals surface area (Å²) in [5.41, 5.74) is 1.03. The Hall–Kier alpha value is -1.55. The third kappa shape index (κ3) is 4.01.